The Bertz CT molecular complexity index is 1460. The van der Waals surface area contributed by atoms with Crippen molar-refractivity contribution in [3.63, 3.8) is 0 Å². The van der Waals surface area contributed by atoms with Gasteiger partial charge in [-0.1, -0.05) is 17.7 Å². The number of carbonyl (C=O) groups is 3. The van der Waals surface area contributed by atoms with Gasteiger partial charge >= 0.3 is 5.97 Å². The molecule has 0 spiro atoms. The summed E-state index contributed by atoms with van der Waals surface area (Å²) < 4.78 is 11.3. The van der Waals surface area contributed by atoms with Gasteiger partial charge in [-0.2, -0.15) is 0 Å². The second kappa shape index (κ2) is 14.6. The lowest BCUT2D eigenvalue weighted by atomic mass is 9.89. The summed E-state index contributed by atoms with van der Waals surface area (Å²) in [4.78, 5) is 45.5. The van der Waals surface area contributed by atoms with E-state index in [-0.39, 0.29) is 46.5 Å². The molecule has 1 aliphatic rings. The number of hydrogen-bond acceptors (Lipinski definition) is 8. The molecule has 11 nitrogen and oxygen atoms in total. The van der Waals surface area contributed by atoms with Crippen molar-refractivity contribution in [1.29, 1.82) is 0 Å². The fraction of sp³-hybridized carbons (Fsp3) is 0.400. The summed E-state index contributed by atoms with van der Waals surface area (Å²) in [7, 11) is 3.06. The van der Waals surface area contributed by atoms with Crippen LogP contribution < -0.4 is 15.4 Å². The molecule has 2 aromatic heterocycles. The molecule has 2 N–H and O–H groups in total. The zero-order valence-corrected chi connectivity index (χ0v) is 26.5. The number of amides is 2. The summed E-state index contributed by atoms with van der Waals surface area (Å²) >= 11 is 6.30. The van der Waals surface area contributed by atoms with E-state index in [2.05, 4.69) is 25.7 Å². The number of aromatic nitrogens is 3. The van der Waals surface area contributed by atoms with Gasteiger partial charge in [0.05, 0.1) is 29.1 Å². The lowest BCUT2D eigenvalue weighted by molar-refractivity contribution is -0.151. The third kappa shape index (κ3) is 8.87. The molecule has 2 amide bonds. The van der Waals surface area contributed by atoms with Gasteiger partial charge in [-0.05, 0) is 77.8 Å². The highest BCUT2D eigenvalue weighted by molar-refractivity contribution is 6.32. The molecular formula is C30H39ClN6O5. The second-order valence-electron chi connectivity index (χ2n) is 10.5. The summed E-state index contributed by atoms with van der Waals surface area (Å²) in [6, 6.07) is 4.69. The van der Waals surface area contributed by atoms with Crippen LogP contribution in [0.15, 0.2) is 64.0 Å². The quantitative estimate of drug-likeness (QED) is 0.457. The summed E-state index contributed by atoms with van der Waals surface area (Å²) in [5, 5.41) is 10.4. The van der Waals surface area contributed by atoms with Gasteiger partial charge in [0.2, 0.25) is 5.88 Å². The number of allylic oxidation sites excluding steroid dienone is 4. The monoisotopic (exact) mass is 598 g/mol. The van der Waals surface area contributed by atoms with Gasteiger partial charge in [0.25, 0.3) is 11.8 Å². The summed E-state index contributed by atoms with van der Waals surface area (Å²) in [5.41, 5.74) is 2.43. The van der Waals surface area contributed by atoms with Crippen LogP contribution in [0.1, 0.15) is 65.9 Å². The fourth-order valence-electron chi connectivity index (χ4n) is 3.94. The van der Waals surface area contributed by atoms with E-state index >= 15 is 0 Å². The standard InChI is InChI=1S/C24H27ClN6O3.C6H12O2/c1-7-15-11-14(4)20(19(21(15)26-5)24(33)28-13(2)3)29-23(32)17-12-18(34-6)30-31(17)22-16(25)9-8-10-27-22;1-5(7)8-6(2,3)4/h7-13H,1-6H3,(H,28,33)(H,29,32);1-4H3/b15-7-,26-21?;. The van der Waals surface area contributed by atoms with E-state index in [1.165, 1.54) is 24.8 Å². The van der Waals surface area contributed by atoms with Gasteiger partial charge in [0.15, 0.2) is 5.82 Å². The number of rotatable bonds is 6. The second-order valence-corrected chi connectivity index (χ2v) is 10.9. The zero-order chi connectivity index (χ0) is 31.8. The van der Waals surface area contributed by atoms with Crippen LogP contribution in [-0.4, -0.2) is 64.1 Å². The number of nitrogens with one attached hydrogen (secondary N) is 2. The first-order valence-electron chi connectivity index (χ1n) is 13.3. The Morgan fingerprint density at radius 3 is 2.33 bits per heavy atom. The van der Waals surface area contributed by atoms with Crippen molar-refractivity contribution in [2.75, 3.05) is 14.2 Å². The Hall–Kier alpha value is -4.25. The molecule has 0 saturated carbocycles. The highest BCUT2D eigenvalue weighted by atomic mass is 35.5. The molecule has 12 heteroatoms. The van der Waals surface area contributed by atoms with Crippen LogP contribution >= 0.6 is 11.6 Å². The predicted octanol–water partition coefficient (Wildman–Crippen LogP) is 4.76. The Kier molecular flexibility index (Phi) is 11.8. The third-order valence-electron chi connectivity index (χ3n) is 5.46. The summed E-state index contributed by atoms with van der Waals surface area (Å²) in [6.07, 6.45) is 5.29. The Morgan fingerprint density at radius 2 is 1.86 bits per heavy atom. The van der Waals surface area contributed by atoms with Gasteiger partial charge in [0.1, 0.15) is 11.3 Å². The molecule has 1 aliphatic carbocycles. The molecule has 0 aliphatic heterocycles. The average molecular weight is 599 g/mol. The Morgan fingerprint density at radius 1 is 1.19 bits per heavy atom. The lowest BCUT2D eigenvalue weighted by Crippen LogP contribution is -2.39. The number of aliphatic imine (C=N–C) groups is 1. The minimum absolute atomic E-state index is 0.104. The van der Waals surface area contributed by atoms with E-state index in [0.717, 1.165) is 5.57 Å². The molecule has 3 rings (SSSR count). The van der Waals surface area contributed by atoms with Crippen molar-refractivity contribution in [2.45, 2.75) is 67.0 Å². The lowest BCUT2D eigenvalue weighted by Gasteiger charge is -2.24. The van der Waals surface area contributed by atoms with E-state index in [1.807, 2.05) is 60.6 Å². The summed E-state index contributed by atoms with van der Waals surface area (Å²) in [6.45, 7) is 14.4. The number of hydrogen-bond donors (Lipinski definition) is 2. The van der Waals surface area contributed by atoms with Crippen molar-refractivity contribution >= 4 is 35.1 Å². The molecule has 0 bridgehead atoms. The normalized spacial score (nSPS) is 15.2. The molecule has 2 heterocycles. The van der Waals surface area contributed by atoms with Crippen LogP contribution in [0.2, 0.25) is 5.02 Å². The minimum atomic E-state index is -0.519. The molecule has 0 aromatic carbocycles. The maximum Gasteiger partial charge on any atom is 0.303 e. The van der Waals surface area contributed by atoms with Gasteiger partial charge in [-0.25, -0.2) is 9.67 Å². The maximum absolute atomic E-state index is 13.5. The first kappa shape index (κ1) is 34.0. The molecular weight excluding hydrogens is 560 g/mol. The van der Waals surface area contributed by atoms with Gasteiger partial charge in [0, 0.05) is 32.3 Å². The van der Waals surface area contributed by atoms with Crippen LogP contribution in [0.3, 0.4) is 0 Å². The average Bonchev–Trinajstić information content (AvgIpc) is 3.32. The van der Waals surface area contributed by atoms with Crippen molar-refractivity contribution in [3.8, 4) is 11.7 Å². The largest absolute Gasteiger partial charge is 0.480 e. The number of esters is 1. The topological polar surface area (TPSA) is 137 Å². The Balaban J connectivity index is 0.000000675. The zero-order valence-electron chi connectivity index (χ0n) is 25.7. The van der Waals surface area contributed by atoms with Crippen LogP contribution in [0.4, 0.5) is 0 Å². The van der Waals surface area contributed by atoms with E-state index < -0.39 is 5.91 Å². The molecule has 42 heavy (non-hydrogen) atoms. The number of carbonyl (C=O) groups excluding carboxylic acids is 3. The number of ether oxygens (including phenoxy) is 2. The van der Waals surface area contributed by atoms with Gasteiger partial charge in [-0.15, -0.1) is 5.10 Å². The third-order valence-corrected chi connectivity index (χ3v) is 5.76. The molecule has 0 fully saturated rings. The first-order valence-corrected chi connectivity index (χ1v) is 13.6. The predicted molar refractivity (Wildman–Crippen MR) is 163 cm³/mol. The van der Waals surface area contributed by atoms with Crippen molar-refractivity contribution < 1.29 is 23.9 Å². The van der Waals surface area contributed by atoms with Crippen molar-refractivity contribution in [2.24, 2.45) is 4.99 Å². The maximum atomic E-state index is 13.5. The number of nitrogens with zero attached hydrogens (tertiary/aromatic N) is 4. The van der Waals surface area contributed by atoms with E-state index in [0.29, 0.717) is 22.0 Å². The van der Waals surface area contributed by atoms with Crippen molar-refractivity contribution in [1.82, 2.24) is 25.4 Å². The van der Waals surface area contributed by atoms with Crippen LogP contribution in [0.5, 0.6) is 5.88 Å². The van der Waals surface area contributed by atoms with Crippen LogP contribution in [0, 0.1) is 0 Å². The van der Waals surface area contributed by atoms with E-state index in [9.17, 15) is 14.4 Å². The fourth-order valence-corrected chi connectivity index (χ4v) is 4.14. The highest BCUT2D eigenvalue weighted by Gasteiger charge is 2.30. The molecule has 0 saturated heterocycles. The van der Waals surface area contributed by atoms with Crippen LogP contribution in [-0.2, 0) is 14.3 Å². The highest BCUT2D eigenvalue weighted by Crippen LogP contribution is 2.27. The van der Waals surface area contributed by atoms with E-state index in [4.69, 9.17) is 21.1 Å². The minimum Gasteiger partial charge on any atom is -0.480 e. The molecule has 226 valence electrons. The van der Waals surface area contributed by atoms with Gasteiger partial charge in [-0.3, -0.25) is 19.4 Å². The summed E-state index contributed by atoms with van der Waals surface area (Å²) in [5.74, 6) is -0.600. The Labute approximate surface area is 251 Å². The SMILES string of the molecule is C/C=C1/C=C(C)C(NC(=O)c2cc(OC)nn2-c2ncccc2Cl)=C(C(=O)NC(C)C)C1=NC.CC(=O)OC(C)(C)C. The molecule has 0 unspecified atom stereocenters. The number of pyridine rings is 1. The van der Waals surface area contributed by atoms with Gasteiger partial charge < -0.3 is 20.1 Å². The van der Waals surface area contributed by atoms with Crippen molar-refractivity contribution in [3.05, 3.63) is 69.7 Å². The van der Waals surface area contributed by atoms with E-state index in [1.54, 1.807) is 25.4 Å². The van der Waals surface area contributed by atoms with Crippen LogP contribution in [0.25, 0.3) is 5.82 Å². The molecule has 2 aromatic rings. The number of methoxy groups -OCH3 is 1. The first-order chi connectivity index (χ1) is 19.6. The smallest absolute Gasteiger partial charge is 0.303 e. The molecule has 0 atom stereocenters. The molecule has 0 radical (unpaired) electrons. The number of halogens is 1.